The first-order chi connectivity index (χ1) is 38.4. The van der Waals surface area contributed by atoms with Gasteiger partial charge in [-0.25, -0.2) is 0 Å². The van der Waals surface area contributed by atoms with Crippen molar-refractivity contribution in [1.29, 1.82) is 0 Å². The molecule has 0 fully saturated rings. The van der Waals surface area contributed by atoms with E-state index in [9.17, 15) is 9.60 Å². The van der Waals surface area contributed by atoms with Crippen molar-refractivity contribution in [1.82, 2.24) is 13.7 Å². The minimum Gasteiger partial charge on any atom is -0.309 e. The van der Waals surface area contributed by atoms with Crippen LogP contribution in [-0.4, -0.2) is 13.7 Å². The van der Waals surface area contributed by atoms with E-state index >= 15 is 0 Å². The molecule has 0 atom stereocenters. The average Bonchev–Trinajstić information content (AvgIpc) is 4.17. The minimum absolute atomic E-state index is 0.306. The molecule has 3 nitrogen and oxygen atoms in total. The summed E-state index contributed by atoms with van der Waals surface area (Å²) in [6.45, 7) is 0. The van der Waals surface area contributed by atoms with Gasteiger partial charge in [0.2, 0.25) is 0 Å². The van der Waals surface area contributed by atoms with Gasteiger partial charge >= 0.3 is 0 Å². The number of para-hydroxylation sites is 5. The second-order valence-electron chi connectivity index (χ2n) is 15.1. The molecule has 3 heteroatoms. The fourth-order valence-corrected chi connectivity index (χ4v) is 9.20. The molecule has 13 rings (SSSR count). The fourth-order valence-electron chi connectivity index (χ4n) is 9.20. The second kappa shape index (κ2) is 14.1. The van der Waals surface area contributed by atoms with Gasteiger partial charge in [0.15, 0.2) is 0 Å². The molecule has 0 amide bonds. The highest BCUT2D eigenvalue weighted by molar-refractivity contribution is 6.18. The Bertz CT molecular complexity index is 4830. The lowest BCUT2D eigenvalue weighted by atomic mass is 9.95. The van der Waals surface area contributed by atoms with Gasteiger partial charge in [0, 0.05) is 38.0 Å². The van der Waals surface area contributed by atoms with E-state index in [0.717, 1.165) is 49.3 Å². The molecule has 0 aliphatic heterocycles. The van der Waals surface area contributed by atoms with Crippen molar-refractivity contribution < 1.29 is 23.3 Å². The first-order valence-corrected chi connectivity index (χ1v) is 20.3. The second-order valence-corrected chi connectivity index (χ2v) is 15.1. The third-order valence-electron chi connectivity index (χ3n) is 11.7. The molecule has 294 valence electrons. The Balaban J connectivity index is 1.19. The van der Waals surface area contributed by atoms with Gasteiger partial charge in [0.05, 0.1) is 67.8 Å². The zero-order valence-electron chi connectivity index (χ0n) is 50.0. The van der Waals surface area contributed by atoms with Crippen molar-refractivity contribution in [3.63, 3.8) is 0 Å². The van der Waals surface area contributed by atoms with Crippen LogP contribution in [0.25, 0.3) is 116 Å². The summed E-state index contributed by atoms with van der Waals surface area (Å²) >= 11 is 0. The van der Waals surface area contributed by atoms with Gasteiger partial charge in [0.1, 0.15) is 0 Å². The Hall–Kier alpha value is -8.40. The van der Waals surface area contributed by atoms with Crippen LogP contribution in [0.1, 0.15) is 23.3 Å². The van der Waals surface area contributed by atoms with Crippen LogP contribution in [0.4, 0.5) is 0 Å². The number of aromatic nitrogens is 3. The summed E-state index contributed by atoms with van der Waals surface area (Å²) in [6.07, 6.45) is 0. The van der Waals surface area contributed by atoms with Crippen LogP contribution in [0.15, 0.2) is 236 Å². The average molecular weight is 819 g/mol. The maximum absolute atomic E-state index is 10.3. The molecular formula is C60H39N3. The van der Waals surface area contributed by atoms with Gasteiger partial charge in [-0.1, -0.05) is 170 Å². The van der Waals surface area contributed by atoms with E-state index < -0.39 is 136 Å². The van der Waals surface area contributed by atoms with Crippen molar-refractivity contribution >= 4 is 65.4 Å². The molecule has 0 spiro atoms. The zero-order valence-corrected chi connectivity index (χ0v) is 33.0. The molecule has 0 aliphatic carbocycles. The van der Waals surface area contributed by atoms with Crippen LogP contribution in [0.2, 0.25) is 0 Å². The molecule has 0 saturated carbocycles. The number of nitrogens with zero attached hydrogens (tertiary/aromatic N) is 3. The first kappa shape index (κ1) is 22.4. The molecular weight excluding hydrogens is 763 g/mol. The van der Waals surface area contributed by atoms with Crippen molar-refractivity contribution in [2.75, 3.05) is 0 Å². The quantitative estimate of drug-likeness (QED) is 0.159. The maximum atomic E-state index is 10.3. The molecule has 3 heterocycles. The van der Waals surface area contributed by atoms with Crippen molar-refractivity contribution in [2.24, 2.45) is 0 Å². The summed E-state index contributed by atoms with van der Waals surface area (Å²) < 4.78 is 161. The minimum atomic E-state index is -0.884. The molecule has 0 aliphatic rings. The smallest absolute Gasteiger partial charge is 0.0782 e. The van der Waals surface area contributed by atoms with Crippen molar-refractivity contribution in [3.8, 4) is 50.4 Å². The monoisotopic (exact) mass is 818 g/mol. The summed E-state index contributed by atoms with van der Waals surface area (Å²) in [5.41, 5.74) is 2.06. The Labute approximate surface area is 388 Å². The predicted octanol–water partition coefficient (Wildman–Crippen LogP) is 16.0. The highest BCUT2D eigenvalue weighted by Crippen LogP contribution is 2.44. The van der Waals surface area contributed by atoms with Gasteiger partial charge in [-0.2, -0.15) is 0 Å². The Morgan fingerprint density at radius 3 is 1.37 bits per heavy atom. The van der Waals surface area contributed by atoms with Crippen LogP contribution < -0.4 is 0 Å². The summed E-state index contributed by atoms with van der Waals surface area (Å²) in [5, 5.41) is 5.33. The van der Waals surface area contributed by atoms with Gasteiger partial charge in [-0.3, -0.25) is 0 Å². The molecule has 10 aromatic carbocycles. The van der Waals surface area contributed by atoms with Crippen molar-refractivity contribution in [2.45, 2.75) is 0 Å². The van der Waals surface area contributed by atoms with Crippen LogP contribution >= 0.6 is 0 Å². The lowest BCUT2D eigenvalue weighted by molar-refractivity contribution is 1.14. The van der Waals surface area contributed by atoms with E-state index in [4.69, 9.17) is 13.7 Å². The standard InChI is InChI=1S/C60H39N3/c1-3-18-40(19-4-1)42-22-15-23-43(36-42)45-37-44(41-20-5-2-6-21-41)38-46(39-45)61-55-32-14-10-27-51(55)59-56(61)33-17-34-57(59)63-54-31-13-9-26-49(54)50-28-16-35-58(60(50)63)62-52-29-11-7-24-47(52)48-25-8-12-30-53(48)62/h1-39H/i1D,2D,3D,4D,5D,6D,15D,18D,19D,20D,21D,22D,23D,36D,37D,38D,39D. The molecule has 0 saturated heterocycles. The van der Waals surface area contributed by atoms with E-state index in [1.54, 1.807) is 22.8 Å². The third-order valence-corrected chi connectivity index (χ3v) is 11.7. The summed E-state index contributed by atoms with van der Waals surface area (Å²) in [4.78, 5) is 0. The highest BCUT2D eigenvalue weighted by atomic mass is 15.1. The largest absolute Gasteiger partial charge is 0.309 e. The van der Waals surface area contributed by atoms with Crippen LogP contribution in [0.3, 0.4) is 0 Å². The van der Waals surface area contributed by atoms with Crippen LogP contribution in [-0.2, 0) is 0 Å². The third kappa shape index (κ3) is 5.46. The fraction of sp³-hybridized carbons (Fsp3) is 0. The molecule has 0 N–H and O–H groups in total. The SMILES string of the molecule is [2H]c1c([2H])c([2H])c(-c2c([2H])c([2H])c([2H])c(-c3c([2H])c(-c4c([2H])c([2H])c([2H])c([2H])c4[2H])c([2H])c(-n4c5ccccc5c5c(-n6c7ccccc7c7cccc(-n8c9ccccc9c9ccccc98)c76)cccc54)c3[2H])c2[2H])c([2H])c1[2H]. The molecule has 0 bridgehead atoms. The summed E-state index contributed by atoms with van der Waals surface area (Å²) in [6, 6.07) is 30.1. The Kier molecular flexibility index (Phi) is 5.02. The van der Waals surface area contributed by atoms with E-state index in [0.29, 0.717) is 27.5 Å². The van der Waals surface area contributed by atoms with E-state index in [1.807, 2.05) is 72.8 Å². The predicted molar refractivity (Wildman–Crippen MR) is 266 cm³/mol. The molecule has 3 aromatic heterocycles. The number of benzene rings is 10. The Morgan fingerprint density at radius 1 is 0.286 bits per heavy atom. The lowest BCUT2D eigenvalue weighted by Gasteiger charge is -2.16. The van der Waals surface area contributed by atoms with Crippen LogP contribution in [0, 0.1) is 0 Å². The number of hydrogen-bond donors (Lipinski definition) is 0. The van der Waals surface area contributed by atoms with Crippen molar-refractivity contribution in [3.05, 3.63) is 236 Å². The molecule has 0 radical (unpaired) electrons. The molecule has 63 heavy (non-hydrogen) atoms. The molecule has 0 unspecified atom stereocenters. The topological polar surface area (TPSA) is 14.8 Å². The van der Waals surface area contributed by atoms with E-state index in [-0.39, 0.29) is 5.69 Å². The Morgan fingerprint density at radius 2 is 0.714 bits per heavy atom. The van der Waals surface area contributed by atoms with E-state index in [2.05, 4.69) is 51.6 Å². The molecule has 13 aromatic rings. The maximum Gasteiger partial charge on any atom is 0.0782 e. The van der Waals surface area contributed by atoms with Crippen LogP contribution in [0.5, 0.6) is 0 Å². The van der Waals surface area contributed by atoms with E-state index in [1.165, 1.54) is 0 Å². The van der Waals surface area contributed by atoms with Gasteiger partial charge in [-0.15, -0.1) is 0 Å². The van der Waals surface area contributed by atoms with Gasteiger partial charge < -0.3 is 13.7 Å². The van der Waals surface area contributed by atoms with Gasteiger partial charge in [0.25, 0.3) is 0 Å². The summed E-state index contributed by atoms with van der Waals surface area (Å²) in [7, 11) is 0. The lowest BCUT2D eigenvalue weighted by Crippen LogP contribution is -2.01. The number of fused-ring (bicyclic) bond motifs is 9. The summed E-state index contributed by atoms with van der Waals surface area (Å²) in [5.74, 6) is 0. The first-order valence-electron chi connectivity index (χ1n) is 28.8. The number of rotatable bonds is 6. The zero-order chi connectivity index (χ0) is 56.2. The number of hydrogen-bond acceptors (Lipinski definition) is 0. The highest BCUT2D eigenvalue weighted by Gasteiger charge is 2.23. The normalized spacial score (nSPS) is 15.6. The van der Waals surface area contributed by atoms with Gasteiger partial charge in [-0.05, 0) is 100 Å².